The molecule has 3 heteroatoms. The lowest BCUT2D eigenvalue weighted by Crippen LogP contribution is -2.11. The number of benzene rings is 7. The minimum absolute atomic E-state index is 0.00870. The summed E-state index contributed by atoms with van der Waals surface area (Å²) >= 11 is 1.75. The minimum Gasteiger partial charge on any atom is -0.256 e. The second-order valence-corrected chi connectivity index (χ2v) is 13.7. The van der Waals surface area contributed by atoms with Gasteiger partial charge in [-0.25, -0.2) is 4.98 Å². The van der Waals surface area contributed by atoms with Crippen LogP contribution in [0.4, 0.5) is 5.69 Å². The first-order chi connectivity index (χ1) is 21.9. The second-order valence-electron chi connectivity index (χ2n) is 12.7. The van der Waals surface area contributed by atoms with Gasteiger partial charge in [-0.05, 0) is 85.3 Å². The van der Waals surface area contributed by atoms with Gasteiger partial charge in [0.1, 0.15) is 5.01 Å². The zero-order valence-corrected chi connectivity index (χ0v) is 26.4. The van der Waals surface area contributed by atoms with Crippen molar-refractivity contribution in [2.75, 3.05) is 0 Å². The van der Waals surface area contributed by atoms with Gasteiger partial charge in [-0.3, -0.25) is 4.99 Å². The van der Waals surface area contributed by atoms with Gasteiger partial charge in [0, 0.05) is 22.9 Å². The molecular weight excluding hydrogens is 565 g/mol. The standard InChI is InChI=1S/C42H32N2S/c1-42(2,3)32-24-37(30-21-20-27-12-4-5-13-28(27)22-30)40-39(25-32)45-41(44-40)36-18-10-11-19-38(36)43-26-31-23-29-14-6-7-15-33(29)35-17-9-8-16-34(31)35/h4-26H,1-3H3. The van der Waals surface area contributed by atoms with Gasteiger partial charge in [0.15, 0.2) is 0 Å². The van der Waals surface area contributed by atoms with Crippen molar-refractivity contribution in [3.8, 4) is 21.7 Å². The van der Waals surface area contributed by atoms with Crippen LogP contribution in [0.2, 0.25) is 0 Å². The Morgan fingerprint density at radius 2 is 1.29 bits per heavy atom. The molecule has 45 heavy (non-hydrogen) atoms. The molecule has 1 aromatic heterocycles. The predicted molar refractivity (Wildman–Crippen MR) is 195 cm³/mol. The molecule has 1 heterocycles. The van der Waals surface area contributed by atoms with Gasteiger partial charge in [0.25, 0.3) is 0 Å². The van der Waals surface area contributed by atoms with E-state index >= 15 is 0 Å². The zero-order chi connectivity index (χ0) is 30.5. The van der Waals surface area contributed by atoms with E-state index in [9.17, 15) is 0 Å². The van der Waals surface area contributed by atoms with E-state index in [0.717, 1.165) is 27.3 Å². The maximum Gasteiger partial charge on any atom is 0.126 e. The highest BCUT2D eigenvalue weighted by molar-refractivity contribution is 7.21. The van der Waals surface area contributed by atoms with Crippen molar-refractivity contribution in [2.24, 2.45) is 4.99 Å². The topological polar surface area (TPSA) is 25.2 Å². The van der Waals surface area contributed by atoms with E-state index in [2.05, 4.69) is 154 Å². The van der Waals surface area contributed by atoms with Crippen molar-refractivity contribution in [3.63, 3.8) is 0 Å². The first-order valence-corrected chi connectivity index (χ1v) is 16.2. The summed E-state index contributed by atoms with van der Waals surface area (Å²) < 4.78 is 1.19. The maximum atomic E-state index is 5.31. The van der Waals surface area contributed by atoms with Crippen LogP contribution in [-0.2, 0) is 5.41 Å². The molecule has 0 aliphatic carbocycles. The Morgan fingerprint density at radius 1 is 0.600 bits per heavy atom. The van der Waals surface area contributed by atoms with E-state index in [0.29, 0.717) is 0 Å². The predicted octanol–water partition coefficient (Wildman–Crippen LogP) is 12.1. The molecule has 8 rings (SSSR count). The van der Waals surface area contributed by atoms with Gasteiger partial charge in [0.05, 0.1) is 15.9 Å². The largest absolute Gasteiger partial charge is 0.256 e. The lowest BCUT2D eigenvalue weighted by molar-refractivity contribution is 0.591. The molecule has 0 fully saturated rings. The van der Waals surface area contributed by atoms with Gasteiger partial charge >= 0.3 is 0 Å². The van der Waals surface area contributed by atoms with E-state index in [1.165, 1.54) is 53.7 Å². The summed E-state index contributed by atoms with van der Waals surface area (Å²) in [6.07, 6.45) is 2.01. The van der Waals surface area contributed by atoms with Crippen LogP contribution in [0.1, 0.15) is 31.9 Å². The van der Waals surface area contributed by atoms with Crippen molar-refractivity contribution >= 4 is 65.8 Å². The number of para-hydroxylation sites is 1. The number of nitrogens with zero attached hydrogens (tertiary/aromatic N) is 2. The number of hydrogen-bond acceptors (Lipinski definition) is 3. The van der Waals surface area contributed by atoms with Crippen molar-refractivity contribution in [1.29, 1.82) is 0 Å². The van der Waals surface area contributed by atoms with Crippen LogP contribution in [0, 0.1) is 0 Å². The van der Waals surface area contributed by atoms with Crippen molar-refractivity contribution in [1.82, 2.24) is 4.98 Å². The van der Waals surface area contributed by atoms with E-state index in [4.69, 9.17) is 9.98 Å². The normalized spacial score (nSPS) is 12.2. The molecule has 0 atom stereocenters. The van der Waals surface area contributed by atoms with Crippen LogP contribution in [0.15, 0.2) is 138 Å². The maximum absolute atomic E-state index is 5.31. The Kier molecular flexibility index (Phi) is 6.58. The van der Waals surface area contributed by atoms with Gasteiger partial charge in [-0.15, -0.1) is 11.3 Å². The van der Waals surface area contributed by atoms with Gasteiger partial charge in [0.2, 0.25) is 0 Å². The molecule has 8 aromatic rings. The first-order valence-electron chi connectivity index (χ1n) is 15.4. The lowest BCUT2D eigenvalue weighted by atomic mass is 9.85. The van der Waals surface area contributed by atoms with E-state index < -0.39 is 0 Å². The number of hydrogen-bond donors (Lipinski definition) is 0. The van der Waals surface area contributed by atoms with E-state index in [-0.39, 0.29) is 5.41 Å². The summed E-state index contributed by atoms with van der Waals surface area (Å²) in [6, 6.07) is 47.7. The third-order valence-corrected chi connectivity index (χ3v) is 9.73. The summed E-state index contributed by atoms with van der Waals surface area (Å²) in [5.74, 6) is 0. The molecule has 216 valence electrons. The molecule has 0 radical (unpaired) electrons. The fraction of sp³-hybridized carbons (Fsp3) is 0.0952. The number of thiazole rings is 1. The Hall–Kier alpha value is -5.12. The highest BCUT2D eigenvalue weighted by Gasteiger charge is 2.20. The van der Waals surface area contributed by atoms with Crippen molar-refractivity contribution in [2.45, 2.75) is 26.2 Å². The summed E-state index contributed by atoms with van der Waals surface area (Å²) in [5, 5.41) is 8.38. The van der Waals surface area contributed by atoms with Crippen molar-refractivity contribution < 1.29 is 0 Å². The lowest BCUT2D eigenvalue weighted by Gasteiger charge is -2.20. The fourth-order valence-corrected chi connectivity index (χ4v) is 7.32. The van der Waals surface area contributed by atoms with Crippen LogP contribution in [0.3, 0.4) is 0 Å². The third-order valence-electron chi connectivity index (χ3n) is 8.70. The van der Waals surface area contributed by atoms with Crippen LogP contribution in [-0.4, -0.2) is 11.2 Å². The van der Waals surface area contributed by atoms with Gasteiger partial charge in [-0.1, -0.05) is 118 Å². The molecule has 2 nitrogen and oxygen atoms in total. The van der Waals surface area contributed by atoms with Crippen LogP contribution in [0.5, 0.6) is 0 Å². The quantitative estimate of drug-likeness (QED) is 0.147. The fourth-order valence-electron chi connectivity index (χ4n) is 6.25. The molecular formula is C42H32N2S. The summed E-state index contributed by atoms with van der Waals surface area (Å²) in [5.41, 5.74) is 7.79. The van der Waals surface area contributed by atoms with Crippen LogP contribution in [0.25, 0.3) is 64.2 Å². The van der Waals surface area contributed by atoms with E-state index in [1.807, 2.05) is 6.21 Å². The molecule has 0 unspecified atom stereocenters. The Balaban J connectivity index is 1.27. The van der Waals surface area contributed by atoms with Crippen molar-refractivity contribution in [3.05, 3.63) is 145 Å². The average Bonchev–Trinajstić information content (AvgIpc) is 3.51. The number of fused-ring (bicyclic) bond motifs is 5. The minimum atomic E-state index is 0.00870. The molecule has 0 aliphatic rings. The molecule has 0 saturated carbocycles. The number of rotatable bonds is 4. The Morgan fingerprint density at radius 3 is 2.11 bits per heavy atom. The molecule has 0 N–H and O–H groups in total. The zero-order valence-electron chi connectivity index (χ0n) is 25.6. The van der Waals surface area contributed by atoms with Crippen LogP contribution < -0.4 is 0 Å². The smallest absolute Gasteiger partial charge is 0.126 e. The molecule has 0 saturated heterocycles. The SMILES string of the molecule is CC(C)(C)c1cc(-c2ccc3ccccc3c2)c2nc(-c3ccccc3N=Cc3cc4ccccc4c4ccccc34)sc2c1. The summed E-state index contributed by atoms with van der Waals surface area (Å²) in [6.45, 7) is 6.84. The Bertz CT molecular complexity index is 2420. The first kappa shape index (κ1) is 27.4. The average molecular weight is 597 g/mol. The highest BCUT2D eigenvalue weighted by atomic mass is 32.1. The Labute approximate surface area is 267 Å². The molecule has 7 aromatic carbocycles. The monoisotopic (exact) mass is 596 g/mol. The molecule has 0 amide bonds. The van der Waals surface area contributed by atoms with Gasteiger partial charge < -0.3 is 0 Å². The molecule has 0 bridgehead atoms. The summed E-state index contributed by atoms with van der Waals surface area (Å²) in [7, 11) is 0. The molecule has 0 aliphatic heterocycles. The molecule has 0 spiro atoms. The van der Waals surface area contributed by atoms with Crippen LogP contribution >= 0.6 is 11.3 Å². The number of aromatic nitrogens is 1. The summed E-state index contributed by atoms with van der Waals surface area (Å²) in [4.78, 5) is 10.4. The number of aliphatic imine (C=N–C) groups is 1. The van der Waals surface area contributed by atoms with Gasteiger partial charge in [-0.2, -0.15) is 0 Å². The van der Waals surface area contributed by atoms with E-state index in [1.54, 1.807) is 11.3 Å². The second kappa shape index (κ2) is 10.8. The third kappa shape index (κ3) is 5.00. The highest BCUT2D eigenvalue weighted by Crippen LogP contribution is 2.42.